The Morgan fingerprint density at radius 2 is 0.833 bits per heavy atom. The van der Waals surface area contributed by atoms with Gasteiger partial charge in [0.15, 0.2) is 0 Å². The van der Waals surface area contributed by atoms with E-state index in [0.717, 1.165) is 0 Å². The van der Waals surface area contributed by atoms with Crippen molar-refractivity contribution in [3.8, 4) is 0 Å². The third-order valence-electron chi connectivity index (χ3n) is 0. The van der Waals surface area contributed by atoms with Crippen molar-refractivity contribution in [3.63, 3.8) is 0 Å². The van der Waals surface area contributed by atoms with Crippen LogP contribution >= 0.6 is 0 Å². The summed E-state index contributed by atoms with van der Waals surface area (Å²) in [5.74, 6) is 0. The summed E-state index contributed by atoms with van der Waals surface area (Å²) in [5, 5.41) is 0. The summed E-state index contributed by atoms with van der Waals surface area (Å²) in [6.45, 7) is 0. The molecule has 0 unspecified atom stereocenters. The summed E-state index contributed by atoms with van der Waals surface area (Å²) in [6, 6.07) is 0. The third kappa shape index (κ3) is 137. The van der Waals surface area contributed by atoms with Crippen molar-refractivity contribution < 1.29 is 38.7 Å². The third-order valence-corrected chi connectivity index (χ3v) is 0. The largest absolute Gasteiger partial charge is 4.00 e. The van der Waals surface area contributed by atoms with Crippen LogP contribution in [0.3, 0.4) is 0 Å². The van der Waals surface area contributed by atoms with Gasteiger partial charge in [-0.3, -0.25) is 0 Å². The smallest absolute Gasteiger partial charge is 0.894 e. The molecule has 0 aromatic carbocycles. The second kappa shape index (κ2) is 2.79. The topological polar surface area (TPSA) is 92.2 Å². The van der Waals surface area contributed by atoms with E-state index < -0.39 is 9.05 Å². The summed E-state index contributed by atoms with van der Waals surface area (Å²) < 4.78 is 0. The van der Waals surface area contributed by atoms with Gasteiger partial charge in [0.05, 0.1) is 0 Å². The van der Waals surface area contributed by atoms with Crippen LogP contribution in [0.2, 0.25) is 0 Å². The van der Waals surface area contributed by atoms with Crippen LogP contribution in [-0.4, -0.2) is 9.05 Å². The SMILES string of the molecule is [O-][Si]([O-])([O-])[O-].[Rh+4]. The van der Waals surface area contributed by atoms with Crippen molar-refractivity contribution in [1.29, 1.82) is 0 Å². The summed E-state index contributed by atoms with van der Waals surface area (Å²) >= 11 is 0. The van der Waals surface area contributed by atoms with Gasteiger partial charge in [-0.2, -0.15) is 0 Å². The molecule has 0 aliphatic carbocycles. The Morgan fingerprint density at radius 1 is 0.833 bits per heavy atom. The van der Waals surface area contributed by atoms with Crippen LogP contribution in [0.15, 0.2) is 0 Å². The molecule has 6 heteroatoms. The van der Waals surface area contributed by atoms with Crippen LogP contribution in [0.4, 0.5) is 0 Å². The first kappa shape index (κ1) is 9.84. The Bertz CT molecular complexity index is 23.0. The minimum absolute atomic E-state index is 0. The van der Waals surface area contributed by atoms with E-state index in [1.54, 1.807) is 0 Å². The predicted molar refractivity (Wildman–Crippen MR) is 5.75 cm³/mol. The van der Waals surface area contributed by atoms with E-state index in [1.165, 1.54) is 0 Å². The summed E-state index contributed by atoms with van der Waals surface area (Å²) in [7, 11) is -5.61. The first-order valence-electron chi connectivity index (χ1n) is 0.816. The Kier molecular flexibility index (Phi) is 4.57. The van der Waals surface area contributed by atoms with Gasteiger partial charge in [0.25, 0.3) is 0 Å². The molecule has 0 spiro atoms. The quantitative estimate of drug-likeness (QED) is 0.361. The van der Waals surface area contributed by atoms with E-state index in [-0.39, 0.29) is 19.5 Å². The normalized spacial score (nSPS) is 10.0. The average molecular weight is 195 g/mol. The maximum absolute atomic E-state index is 8.58. The molecule has 0 atom stereocenters. The Labute approximate surface area is 48.3 Å². The number of hydrogen-bond acceptors (Lipinski definition) is 4. The van der Waals surface area contributed by atoms with Gasteiger partial charge in [-0.1, -0.05) is 0 Å². The molecule has 0 rings (SSSR count). The van der Waals surface area contributed by atoms with Gasteiger partial charge < -0.3 is 28.2 Å². The van der Waals surface area contributed by atoms with Crippen LogP contribution in [0.25, 0.3) is 0 Å². The maximum Gasteiger partial charge on any atom is 4.00 e. The zero-order chi connectivity index (χ0) is 4.50. The molecule has 4 nitrogen and oxygen atoms in total. The molecule has 0 saturated heterocycles. The van der Waals surface area contributed by atoms with Gasteiger partial charge >= 0.3 is 19.5 Å². The number of rotatable bonds is 0. The van der Waals surface area contributed by atoms with Crippen molar-refractivity contribution in [2.75, 3.05) is 0 Å². The van der Waals surface area contributed by atoms with E-state index in [2.05, 4.69) is 0 Å². The molecule has 37 valence electrons. The predicted octanol–water partition coefficient (Wildman–Crippen LogP) is -5.14. The van der Waals surface area contributed by atoms with Gasteiger partial charge in [0.1, 0.15) is 0 Å². The minimum atomic E-state index is -5.61. The van der Waals surface area contributed by atoms with E-state index in [9.17, 15) is 0 Å². The molecule has 0 bridgehead atoms. The summed E-state index contributed by atoms with van der Waals surface area (Å²) in [6.07, 6.45) is 0. The molecule has 0 heterocycles. The van der Waals surface area contributed by atoms with Gasteiger partial charge in [-0.15, -0.1) is 0 Å². The van der Waals surface area contributed by atoms with Crippen molar-refractivity contribution in [3.05, 3.63) is 0 Å². The molecule has 6 heavy (non-hydrogen) atoms. The van der Waals surface area contributed by atoms with Crippen LogP contribution in [0.1, 0.15) is 0 Å². The monoisotopic (exact) mass is 195 g/mol. The van der Waals surface area contributed by atoms with Crippen molar-refractivity contribution in [2.24, 2.45) is 0 Å². The molecular formula is O4RhSi. The molecule has 0 aromatic rings. The van der Waals surface area contributed by atoms with Gasteiger partial charge in [-0.05, 0) is 0 Å². The molecule has 0 amide bonds. The van der Waals surface area contributed by atoms with Crippen LogP contribution in [-0.2, 0) is 19.5 Å². The van der Waals surface area contributed by atoms with Gasteiger partial charge in [0.2, 0.25) is 0 Å². The maximum atomic E-state index is 8.58. The zero-order valence-electron chi connectivity index (χ0n) is 2.47. The van der Waals surface area contributed by atoms with Crippen LogP contribution in [0, 0.1) is 0 Å². The van der Waals surface area contributed by atoms with Crippen molar-refractivity contribution >= 4 is 9.05 Å². The van der Waals surface area contributed by atoms with Crippen LogP contribution < -0.4 is 19.2 Å². The molecule has 0 aliphatic rings. The van der Waals surface area contributed by atoms with E-state index in [1.807, 2.05) is 0 Å². The van der Waals surface area contributed by atoms with Crippen molar-refractivity contribution in [1.82, 2.24) is 0 Å². The Hall–Kier alpha value is 0.680. The fourth-order valence-electron chi connectivity index (χ4n) is 0. The van der Waals surface area contributed by atoms with E-state index in [0.29, 0.717) is 0 Å². The first-order chi connectivity index (χ1) is 2.00. The molecule has 1 radical (unpaired) electrons. The molecule has 0 aliphatic heterocycles. The fourth-order valence-corrected chi connectivity index (χ4v) is 0. The van der Waals surface area contributed by atoms with E-state index in [4.69, 9.17) is 19.2 Å². The Morgan fingerprint density at radius 3 is 0.833 bits per heavy atom. The number of hydrogen-bond donors (Lipinski definition) is 0. The molecule has 0 N–H and O–H groups in total. The van der Waals surface area contributed by atoms with Crippen molar-refractivity contribution in [2.45, 2.75) is 0 Å². The Balaban J connectivity index is 0. The molecular weight excluding hydrogens is 195 g/mol. The molecule has 0 fully saturated rings. The zero-order valence-corrected chi connectivity index (χ0v) is 5.11. The standard InChI is InChI=1S/O4Si.Rh/c1-5(2,3)4;/q-4;+4. The summed E-state index contributed by atoms with van der Waals surface area (Å²) in [5.41, 5.74) is 0. The second-order valence-corrected chi connectivity index (χ2v) is 1.50. The van der Waals surface area contributed by atoms with Gasteiger partial charge in [-0.25, -0.2) is 0 Å². The average Bonchev–Trinajstić information content (AvgIpc) is 0.722. The minimum Gasteiger partial charge on any atom is -0.894 e. The second-order valence-electron chi connectivity index (χ2n) is 0.500. The fraction of sp³-hybridized carbons (Fsp3) is 0. The molecule has 0 saturated carbocycles. The first-order valence-corrected chi connectivity index (χ1v) is 2.45. The molecule has 0 aromatic heterocycles. The van der Waals surface area contributed by atoms with E-state index >= 15 is 0 Å². The van der Waals surface area contributed by atoms with Crippen LogP contribution in [0.5, 0.6) is 0 Å². The summed E-state index contributed by atoms with van der Waals surface area (Å²) in [4.78, 5) is 34.3. The van der Waals surface area contributed by atoms with Gasteiger partial charge in [0, 0.05) is 0 Å².